The fraction of sp³-hybridized carbons (Fsp3) is 0.241. The molecule has 38 heavy (non-hydrogen) atoms. The van der Waals surface area contributed by atoms with Crippen molar-refractivity contribution < 1.29 is 4.74 Å². The van der Waals surface area contributed by atoms with Crippen LogP contribution in [-0.2, 0) is 6.54 Å². The maximum absolute atomic E-state index is 12.1. The van der Waals surface area contributed by atoms with Crippen LogP contribution in [-0.4, -0.2) is 43.3 Å². The molecule has 0 bridgehead atoms. The van der Waals surface area contributed by atoms with Crippen LogP contribution in [0.15, 0.2) is 90.1 Å². The van der Waals surface area contributed by atoms with Crippen molar-refractivity contribution in [1.29, 1.82) is 0 Å². The van der Waals surface area contributed by atoms with Crippen LogP contribution < -0.4 is 20.9 Å². The van der Waals surface area contributed by atoms with Crippen molar-refractivity contribution in [1.82, 2.24) is 24.1 Å². The van der Waals surface area contributed by atoms with Crippen molar-refractivity contribution in [3.63, 3.8) is 0 Å². The molecule has 2 N–H and O–H groups in total. The fourth-order valence-corrected chi connectivity index (χ4v) is 5.03. The zero-order valence-corrected chi connectivity index (χ0v) is 21.1. The molecule has 1 aliphatic carbocycles. The van der Waals surface area contributed by atoms with E-state index in [-0.39, 0.29) is 11.6 Å². The van der Waals surface area contributed by atoms with Gasteiger partial charge in [-0.05, 0) is 67.3 Å². The summed E-state index contributed by atoms with van der Waals surface area (Å²) in [6, 6.07) is 21.6. The second-order valence-corrected chi connectivity index (χ2v) is 9.52. The molecule has 192 valence electrons. The van der Waals surface area contributed by atoms with Crippen LogP contribution in [0.2, 0.25) is 0 Å². The molecule has 9 heteroatoms. The molecule has 0 spiro atoms. The average Bonchev–Trinajstić information content (AvgIpc) is 3.54. The molecule has 1 aromatic carbocycles. The molecule has 1 aliphatic rings. The molecule has 2 atom stereocenters. The Morgan fingerprint density at radius 1 is 0.947 bits per heavy atom. The first kappa shape index (κ1) is 23.7. The maximum Gasteiger partial charge on any atom is 0.255 e. The van der Waals surface area contributed by atoms with Gasteiger partial charge in [-0.25, -0.2) is 9.97 Å². The largest absolute Gasteiger partial charge is 0.497 e. The van der Waals surface area contributed by atoms with E-state index < -0.39 is 0 Å². The first-order valence-electron chi connectivity index (χ1n) is 12.8. The summed E-state index contributed by atoms with van der Waals surface area (Å²) in [6.07, 6.45) is 8.24. The van der Waals surface area contributed by atoms with E-state index in [9.17, 15) is 4.79 Å². The molecule has 0 saturated heterocycles. The standard InChI is InChI=1S/C29H29N7O2/c1-38-24-12-7-20(8-13-24)19-36-25-5-4-15-30-28(25)34-29(36)33-22-10-9-21(17-22)32-26-14-11-23(18-31-26)35-16-3-2-6-27(35)37/h2-8,11-16,18,21-22H,9-10,17,19H2,1H3,(H,31,32)(H,30,33,34)/t21-,22-/m0/s1. The Balaban J connectivity index is 1.14. The van der Waals surface area contributed by atoms with E-state index in [0.717, 1.165) is 59.2 Å². The zero-order valence-electron chi connectivity index (χ0n) is 21.1. The number of nitrogens with zero attached hydrogens (tertiary/aromatic N) is 5. The maximum atomic E-state index is 12.1. The lowest BCUT2D eigenvalue weighted by Crippen LogP contribution is -2.23. The molecular weight excluding hydrogens is 478 g/mol. The number of benzene rings is 1. The Morgan fingerprint density at radius 2 is 1.79 bits per heavy atom. The summed E-state index contributed by atoms with van der Waals surface area (Å²) in [5.41, 5.74) is 3.57. The van der Waals surface area contributed by atoms with E-state index >= 15 is 0 Å². The number of aromatic nitrogens is 5. The summed E-state index contributed by atoms with van der Waals surface area (Å²) in [7, 11) is 1.67. The Morgan fingerprint density at radius 3 is 2.55 bits per heavy atom. The zero-order chi connectivity index (χ0) is 25.9. The van der Waals surface area contributed by atoms with Gasteiger partial charge in [0, 0.05) is 30.5 Å². The van der Waals surface area contributed by atoms with Gasteiger partial charge in [-0.1, -0.05) is 18.2 Å². The number of fused-ring (bicyclic) bond motifs is 1. The number of rotatable bonds is 8. The van der Waals surface area contributed by atoms with Gasteiger partial charge in [-0.2, -0.15) is 4.98 Å². The van der Waals surface area contributed by atoms with Crippen molar-refractivity contribution in [2.45, 2.75) is 37.9 Å². The monoisotopic (exact) mass is 507 g/mol. The van der Waals surface area contributed by atoms with Gasteiger partial charge >= 0.3 is 0 Å². The minimum atomic E-state index is -0.0760. The van der Waals surface area contributed by atoms with Crippen LogP contribution in [0, 0.1) is 0 Å². The van der Waals surface area contributed by atoms with Crippen LogP contribution in [0.4, 0.5) is 11.8 Å². The molecule has 0 aliphatic heterocycles. The molecule has 0 unspecified atom stereocenters. The van der Waals surface area contributed by atoms with Gasteiger partial charge in [0.15, 0.2) is 5.65 Å². The van der Waals surface area contributed by atoms with Crippen molar-refractivity contribution in [2.75, 3.05) is 17.7 Å². The molecule has 0 radical (unpaired) electrons. The summed E-state index contributed by atoms with van der Waals surface area (Å²) in [4.78, 5) is 25.9. The van der Waals surface area contributed by atoms with Gasteiger partial charge in [0.05, 0.1) is 31.1 Å². The Labute approximate surface area is 220 Å². The number of nitrogens with one attached hydrogen (secondary N) is 2. The summed E-state index contributed by atoms with van der Waals surface area (Å²) >= 11 is 0. The molecule has 1 fully saturated rings. The highest BCUT2D eigenvalue weighted by atomic mass is 16.5. The number of hydrogen-bond acceptors (Lipinski definition) is 7. The molecule has 5 aromatic rings. The van der Waals surface area contributed by atoms with E-state index in [1.807, 2.05) is 36.4 Å². The molecule has 4 aromatic heterocycles. The summed E-state index contributed by atoms with van der Waals surface area (Å²) < 4.78 is 9.08. The minimum absolute atomic E-state index is 0.0760. The predicted molar refractivity (Wildman–Crippen MR) is 148 cm³/mol. The number of methoxy groups -OCH3 is 1. The van der Waals surface area contributed by atoms with Gasteiger partial charge in [0.25, 0.3) is 5.56 Å². The summed E-state index contributed by atoms with van der Waals surface area (Å²) in [5.74, 6) is 2.47. The lowest BCUT2D eigenvalue weighted by Gasteiger charge is -2.17. The summed E-state index contributed by atoms with van der Waals surface area (Å²) in [5, 5.41) is 7.23. The lowest BCUT2D eigenvalue weighted by atomic mass is 10.2. The fourth-order valence-electron chi connectivity index (χ4n) is 5.03. The molecule has 6 rings (SSSR count). The lowest BCUT2D eigenvalue weighted by molar-refractivity contribution is 0.414. The van der Waals surface area contributed by atoms with Gasteiger partial charge in [-0.15, -0.1) is 0 Å². The third-order valence-electron chi connectivity index (χ3n) is 6.99. The third-order valence-corrected chi connectivity index (χ3v) is 6.99. The second-order valence-electron chi connectivity index (χ2n) is 9.52. The van der Waals surface area contributed by atoms with E-state index in [4.69, 9.17) is 9.72 Å². The molecule has 4 heterocycles. The number of hydrogen-bond donors (Lipinski definition) is 2. The van der Waals surface area contributed by atoms with Gasteiger partial charge in [0.2, 0.25) is 5.95 Å². The molecule has 9 nitrogen and oxygen atoms in total. The SMILES string of the molecule is COc1ccc(Cn2c(N[C@H]3CC[C@H](Nc4ccc(-n5ccccc5=O)cn4)C3)nc3ncccc32)cc1. The Hall–Kier alpha value is -4.66. The van der Waals surface area contributed by atoms with E-state index in [2.05, 4.69) is 43.4 Å². The quantitative estimate of drug-likeness (QED) is 0.320. The number of imidazole rings is 1. The third kappa shape index (κ3) is 4.95. The smallest absolute Gasteiger partial charge is 0.255 e. The van der Waals surface area contributed by atoms with Crippen molar-refractivity contribution in [2.24, 2.45) is 0 Å². The highest BCUT2D eigenvalue weighted by molar-refractivity contribution is 5.74. The highest BCUT2D eigenvalue weighted by Gasteiger charge is 2.26. The Kier molecular flexibility index (Phi) is 6.47. The molecular formula is C29H29N7O2. The van der Waals surface area contributed by atoms with E-state index in [1.165, 1.54) is 0 Å². The van der Waals surface area contributed by atoms with Gasteiger partial charge < -0.3 is 19.9 Å². The average molecular weight is 508 g/mol. The number of ether oxygens (including phenoxy) is 1. The van der Waals surface area contributed by atoms with Crippen molar-refractivity contribution in [3.8, 4) is 11.4 Å². The normalized spacial score (nSPS) is 17.0. The van der Waals surface area contributed by atoms with Crippen LogP contribution in [0.5, 0.6) is 5.75 Å². The molecule has 0 amide bonds. The van der Waals surface area contributed by atoms with Crippen LogP contribution in [0.1, 0.15) is 24.8 Å². The molecule has 1 saturated carbocycles. The first-order valence-corrected chi connectivity index (χ1v) is 12.8. The van der Waals surface area contributed by atoms with E-state index in [1.54, 1.807) is 42.4 Å². The summed E-state index contributed by atoms with van der Waals surface area (Å²) in [6.45, 7) is 0.684. The van der Waals surface area contributed by atoms with Gasteiger partial charge in [0.1, 0.15) is 11.6 Å². The van der Waals surface area contributed by atoms with Crippen molar-refractivity contribution >= 4 is 22.9 Å². The topological polar surface area (TPSA) is 98.9 Å². The number of anilines is 2. The van der Waals surface area contributed by atoms with Crippen molar-refractivity contribution in [3.05, 3.63) is 101 Å². The number of pyridine rings is 3. The van der Waals surface area contributed by atoms with Crippen LogP contribution in [0.25, 0.3) is 16.9 Å². The predicted octanol–water partition coefficient (Wildman–Crippen LogP) is 4.48. The second kappa shape index (κ2) is 10.4. The van der Waals surface area contributed by atoms with Crippen LogP contribution >= 0.6 is 0 Å². The first-order chi connectivity index (χ1) is 18.7. The Bertz CT molecular complexity index is 1590. The van der Waals surface area contributed by atoms with E-state index in [0.29, 0.717) is 12.6 Å². The van der Waals surface area contributed by atoms with Gasteiger partial charge in [-0.3, -0.25) is 9.36 Å². The minimum Gasteiger partial charge on any atom is -0.497 e. The van der Waals surface area contributed by atoms with Crippen LogP contribution in [0.3, 0.4) is 0 Å². The highest BCUT2D eigenvalue weighted by Crippen LogP contribution is 2.28.